The Morgan fingerprint density at radius 1 is 1.16 bits per heavy atom. The summed E-state index contributed by atoms with van der Waals surface area (Å²) in [5, 5.41) is 9.00. The van der Waals surface area contributed by atoms with E-state index in [-0.39, 0.29) is 29.9 Å². The number of hydrogen-bond donors (Lipinski definition) is 1. The normalized spacial score (nSPS) is 35.4. The molecule has 0 aromatic carbocycles. The van der Waals surface area contributed by atoms with E-state index in [1.165, 1.54) is 0 Å². The Balaban J connectivity index is 1.92. The number of carbonyl (C=O) groups is 2. The molecule has 1 aliphatic heterocycles. The fourth-order valence-electron chi connectivity index (χ4n) is 3.34. The van der Waals surface area contributed by atoms with Crippen LogP contribution in [0.4, 0.5) is 0 Å². The third-order valence-corrected chi connectivity index (χ3v) is 4.58. The van der Waals surface area contributed by atoms with E-state index in [2.05, 4.69) is 0 Å². The number of methoxy groups -OCH3 is 1. The van der Waals surface area contributed by atoms with Gasteiger partial charge in [0, 0.05) is 25.6 Å². The van der Waals surface area contributed by atoms with E-state index in [0.29, 0.717) is 19.3 Å². The average Bonchev–Trinajstić information content (AvgIpc) is 2.87. The van der Waals surface area contributed by atoms with Crippen LogP contribution in [-0.4, -0.2) is 47.7 Å². The van der Waals surface area contributed by atoms with Crippen LogP contribution in [0.2, 0.25) is 0 Å². The van der Waals surface area contributed by atoms with Crippen molar-refractivity contribution in [3.63, 3.8) is 0 Å². The number of nitrogens with zero attached hydrogens (tertiary/aromatic N) is 1. The van der Waals surface area contributed by atoms with Gasteiger partial charge in [0.25, 0.3) is 0 Å². The molecule has 1 saturated carbocycles. The second-order valence-electron chi connectivity index (χ2n) is 5.81. The van der Waals surface area contributed by atoms with Crippen LogP contribution in [0.5, 0.6) is 0 Å². The van der Waals surface area contributed by atoms with Gasteiger partial charge in [-0.15, -0.1) is 0 Å². The molecule has 5 nitrogen and oxygen atoms in total. The van der Waals surface area contributed by atoms with E-state index < -0.39 is 5.97 Å². The Hall–Kier alpha value is -1.10. The second kappa shape index (κ2) is 5.90. The summed E-state index contributed by atoms with van der Waals surface area (Å²) in [6.07, 6.45) is 3.85. The van der Waals surface area contributed by atoms with E-state index in [4.69, 9.17) is 9.84 Å². The Labute approximate surface area is 113 Å². The van der Waals surface area contributed by atoms with Gasteiger partial charge in [-0.1, -0.05) is 0 Å². The predicted octanol–water partition coefficient (Wildman–Crippen LogP) is 1.51. The van der Waals surface area contributed by atoms with Crippen LogP contribution in [0.3, 0.4) is 0 Å². The van der Waals surface area contributed by atoms with E-state index >= 15 is 0 Å². The van der Waals surface area contributed by atoms with Crippen LogP contribution in [-0.2, 0) is 14.3 Å². The Kier molecular flexibility index (Phi) is 4.45. The minimum absolute atomic E-state index is 0.0948. The molecule has 1 saturated heterocycles. The van der Waals surface area contributed by atoms with Crippen molar-refractivity contribution in [3.8, 4) is 0 Å². The zero-order valence-corrected chi connectivity index (χ0v) is 11.7. The molecule has 1 amide bonds. The van der Waals surface area contributed by atoms with Crippen LogP contribution < -0.4 is 0 Å². The van der Waals surface area contributed by atoms with Crippen molar-refractivity contribution >= 4 is 11.9 Å². The first-order chi connectivity index (χ1) is 9.02. The van der Waals surface area contributed by atoms with Gasteiger partial charge in [-0.05, 0) is 39.0 Å². The summed E-state index contributed by atoms with van der Waals surface area (Å²) in [7, 11) is 1.71. The molecule has 4 atom stereocenters. The number of ether oxygens (including phenoxy) is 1. The Morgan fingerprint density at radius 2 is 1.84 bits per heavy atom. The standard InChI is InChI=1S/C14H23NO4/c1-9-7-12(19-2)5-6-15(9)13(16)10-3-4-11(8-10)14(17)18/h9-12H,3-8H2,1-2H3,(H,17,18)/t9?,10-,11+,12?/m1/s1. The van der Waals surface area contributed by atoms with E-state index in [0.717, 1.165) is 19.4 Å². The molecule has 0 aromatic heterocycles. The number of hydrogen-bond acceptors (Lipinski definition) is 3. The molecule has 19 heavy (non-hydrogen) atoms. The quantitative estimate of drug-likeness (QED) is 0.843. The summed E-state index contributed by atoms with van der Waals surface area (Å²) < 4.78 is 5.35. The highest BCUT2D eigenvalue weighted by Gasteiger charge is 2.38. The molecule has 0 bridgehead atoms. The first-order valence-electron chi connectivity index (χ1n) is 7.09. The summed E-state index contributed by atoms with van der Waals surface area (Å²) in [6, 6.07) is 0.190. The predicted molar refractivity (Wildman–Crippen MR) is 69.7 cm³/mol. The highest BCUT2D eigenvalue weighted by Crippen LogP contribution is 2.34. The van der Waals surface area contributed by atoms with E-state index in [1.807, 2.05) is 11.8 Å². The molecule has 0 spiro atoms. The number of amides is 1. The van der Waals surface area contributed by atoms with E-state index in [9.17, 15) is 9.59 Å². The van der Waals surface area contributed by atoms with Crippen molar-refractivity contribution in [2.75, 3.05) is 13.7 Å². The number of rotatable bonds is 3. The average molecular weight is 269 g/mol. The van der Waals surface area contributed by atoms with Crippen LogP contribution in [0, 0.1) is 11.8 Å². The smallest absolute Gasteiger partial charge is 0.306 e. The molecule has 2 unspecified atom stereocenters. The highest BCUT2D eigenvalue weighted by molar-refractivity contribution is 5.81. The van der Waals surface area contributed by atoms with Crippen molar-refractivity contribution in [3.05, 3.63) is 0 Å². The molecule has 2 fully saturated rings. The second-order valence-corrected chi connectivity index (χ2v) is 5.81. The van der Waals surface area contributed by atoms with Gasteiger partial charge in [-0.3, -0.25) is 9.59 Å². The van der Waals surface area contributed by atoms with Crippen LogP contribution >= 0.6 is 0 Å². The molecule has 1 heterocycles. The lowest BCUT2D eigenvalue weighted by Crippen LogP contribution is -2.48. The molecule has 5 heteroatoms. The number of piperidine rings is 1. The van der Waals surface area contributed by atoms with Crippen LogP contribution in [0.1, 0.15) is 39.0 Å². The first kappa shape index (κ1) is 14.3. The molecule has 2 aliphatic rings. The Bertz CT molecular complexity index is 357. The van der Waals surface area contributed by atoms with Crippen molar-refractivity contribution in [2.24, 2.45) is 11.8 Å². The van der Waals surface area contributed by atoms with Gasteiger partial charge in [0.2, 0.25) is 5.91 Å². The van der Waals surface area contributed by atoms with E-state index in [1.54, 1.807) is 7.11 Å². The van der Waals surface area contributed by atoms with Gasteiger partial charge in [0.15, 0.2) is 0 Å². The first-order valence-corrected chi connectivity index (χ1v) is 7.09. The third kappa shape index (κ3) is 3.08. The zero-order chi connectivity index (χ0) is 14.0. The maximum Gasteiger partial charge on any atom is 0.306 e. The molecular formula is C14H23NO4. The summed E-state index contributed by atoms with van der Waals surface area (Å²) in [5.41, 5.74) is 0. The molecule has 1 aliphatic carbocycles. The van der Waals surface area contributed by atoms with Crippen molar-refractivity contribution in [1.29, 1.82) is 0 Å². The number of likely N-dealkylation sites (tertiary alicyclic amines) is 1. The monoisotopic (exact) mass is 269 g/mol. The number of carbonyl (C=O) groups excluding carboxylic acids is 1. The number of aliphatic carboxylic acids is 1. The summed E-state index contributed by atoms with van der Waals surface area (Å²) in [4.78, 5) is 25.3. The van der Waals surface area contributed by atoms with Crippen molar-refractivity contribution in [2.45, 2.75) is 51.2 Å². The summed E-state index contributed by atoms with van der Waals surface area (Å²) >= 11 is 0. The van der Waals surface area contributed by atoms with Gasteiger partial charge < -0.3 is 14.7 Å². The number of carboxylic acid groups (broad SMARTS) is 1. The lowest BCUT2D eigenvalue weighted by atomic mass is 9.97. The largest absolute Gasteiger partial charge is 0.481 e. The maximum absolute atomic E-state index is 12.5. The summed E-state index contributed by atoms with van der Waals surface area (Å²) in [6.45, 7) is 2.78. The van der Waals surface area contributed by atoms with Gasteiger partial charge in [-0.25, -0.2) is 0 Å². The van der Waals surface area contributed by atoms with Crippen LogP contribution in [0.15, 0.2) is 0 Å². The van der Waals surface area contributed by atoms with Crippen molar-refractivity contribution < 1.29 is 19.4 Å². The lowest BCUT2D eigenvalue weighted by Gasteiger charge is -2.38. The zero-order valence-electron chi connectivity index (χ0n) is 11.7. The summed E-state index contributed by atoms with van der Waals surface area (Å²) in [5.74, 6) is -1.05. The highest BCUT2D eigenvalue weighted by atomic mass is 16.5. The SMILES string of the molecule is COC1CCN(C(=O)[C@@H]2CC[C@H](C(=O)O)C2)C(C)C1. The lowest BCUT2D eigenvalue weighted by molar-refractivity contribution is -0.142. The van der Waals surface area contributed by atoms with Crippen molar-refractivity contribution in [1.82, 2.24) is 4.90 Å². The van der Waals surface area contributed by atoms with Gasteiger partial charge in [0.05, 0.1) is 12.0 Å². The molecule has 1 N–H and O–H groups in total. The Morgan fingerprint density at radius 3 is 2.37 bits per heavy atom. The maximum atomic E-state index is 12.5. The van der Waals surface area contributed by atoms with Crippen LogP contribution in [0.25, 0.3) is 0 Å². The van der Waals surface area contributed by atoms with Gasteiger partial charge in [0.1, 0.15) is 0 Å². The molecule has 0 aromatic rings. The fourth-order valence-corrected chi connectivity index (χ4v) is 3.34. The topological polar surface area (TPSA) is 66.8 Å². The molecular weight excluding hydrogens is 246 g/mol. The number of carboxylic acids is 1. The van der Waals surface area contributed by atoms with Gasteiger partial charge in [-0.2, -0.15) is 0 Å². The minimum Gasteiger partial charge on any atom is -0.481 e. The molecule has 108 valence electrons. The minimum atomic E-state index is -0.763. The molecule has 0 radical (unpaired) electrons. The van der Waals surface area contributed by atoms with Gasteiger partial charge >= 0.3 is 5.97 Å². The molecule has 2 rings (SSSR count). The third-order valence-electron chi connectivity index (χ3n) is 4.58. The fraction of sp³-hybridized carbons (Fsp3) is 0.857.